The van der Waals surface area contributed by atoms with Crippen molar-refractivity contribution >= 4 is 27.3 Å². The van der Waals surface area contributed by atoms with Crippen molar-refractivity contribution < 1.29 is 22.4 Å². The Bertz CT molecular complexity index is 895. The van der Waals surface area contributed by atoms with E-state index in [4.69, 9.17) is 0 Å². The SMILES string of the molecule is CN(CC(=O)Nc1cccc(F)c1)C(=O)c1ccc(S(C)(=O)=O)cc1. The number of sulfone groups is 1. The molecule has 132 valence electrons. The zero-order valence-corrected chi connectivity index (χ0v) is 14.5. The van der Waals surface area contributed by atoms with E-state index in [1.807, 2.05) is 0 Å². The first kappa shape index (κ1) is 18.6. The minimum atomic E-state index is -3.34. The number of rotatable bonds is 5. The second-order valence-corrected chi connectivity index (χ2v) is 7.53. The van der Waals surface area contributed by atoms with Gasteiger partial charge in [0.25, 0.3) is 5.91 Å². The number of halogens is 1. The highest BCUT2D eigenvalue weighted by Gasteiger charge is 2.16. The minimum absolute atomic E-state index is 0.107. The van der Waals surface area contributed by atoms with Crippen LogP contribution in [0, 0.1) is 5.82 Å². The molecular formula is C17H17FN2O4S. The molecule has 0 aliphatic carbocycles. The van der Waals surface area contributed by atoms with Crippen molar-refractivity contribution in [1.29, 1.82) is 0 Å². The number of carbonyl (C=O) groups is 2. The Kier molecular flexibility index (Phi) is 5.53. The Morgan fingerprint density at radius 1 is 1.12 bits per heavy atom. The van der Waals surface area contributed by atoms with Gasteiger partial charge in [0.05, 0.1) is 11.4 Å². The standard InChI is InChI=1S/C17H17FN2O4S/c1-20(11-16(21)19-14-5-3-4-13(18)10-14)17(22)12-6-8-15(9-7-12)25(2,23)24/h3-10H,11H2,1-2H3,(H,19,21). The molecule has 0 aliphatic rings. The third-order valence-electron chi connectivity index (χ3n) is 3.37. The van der Waals surface area contributed by atoms with E-state index < -0.39 is 27.5 Å². The molecule has 6 nitrogen and oxygen atoms in total. The summed E-state index contributed by atoms with van der Waals surface area (Å²) in [5.74, 6) is -1.39. The van der Waals surface area contributed by atoms with E-state index in [-0.39, 0.29) is 17.0 Å². The van der Waals surface area contributed by atoms with Gasteiger partial charge in [0.15, 0.2) is 9.84 Å². The van der Waals surface area contributed by atoms with Crippen molar-refractivity contribution in [2.45, 2.75) is 4.90 Å². The Hall–Kier alpha value is -2.74. The maximum absolute atomic E-state index is 13.1. The summed E-state index contributed by atoms with van der Waals surface area (Å²) in [7, 11) is -1.90. The highest BCUT2D eigenvalue weighted by atomic mass is 32.2. The monoisotopic (exact) mass is 364 g/mol. The number of likely N-dealkylation sites (N-methyl/N-ethyl adjacent to an activating group) is 1. The maximum atomic E-state index is 13.1. The molecule has 25 heavy (non-hydrogen) atoms. The van der Waals surface area contributed by atoms with Gasteiger partial charge in [-0.3, -0.25) is 9.59 Å². The van der Waals surface area contributed by atoms with Gasteiger partial charge in [0.1, 0.15) is 5.82 Å². The first-order valence-corrected chi connectivity index (χ1v) is 9.17. The minimum Gasteiger partial charge on any atom is -0.332 e. The van der Waals surface area contributed by atoms with E-state index in [2.05, 4.69) is 5.32 Å². The van der Waals surface area contributed by atoms with Crippen molar-refractivity contribution in [3.05, 3.63) is 59.9 Å². The van der Waals surface area contributed by atoms with Gasteiger partial charge in [0.2, 0.25) is 5.91 Å². The maximum Gasteiger partial charge on any atom is 0.254 e. The van der Waals surface area contributed by atoms with Crippen molar-refractivity contribution in [2.75, 3.05) is 25.2 Å². The van der Waals surface area contributed by atoms with E-state index >= 15 is 0 Å². The van der Waals surface area contributed by atoms with Crippen LogP contribution in [0.25, 0.3) is 0 Å². The number of hydrogen-bond acceptors (Lipinski definition) is 4. The van der Waals surface area contributed by atoms with Crippen LogP contribution in [-0.4, -0.2) is 45.0 Å². The Balaban J connectivity index is 2.01. The zero-order valence-electron chi connectivity index (χ0n) is 13.7. The first-order chi connectivity index (χ1) is 11.7. The van der Waals surface area contributed by atoms with Gasteiger partial charge < -0.3 is 10.2 Å². The summed E-state index contributed by atoms with van der Waals surface area (Å²) in [6.45, 7) is -0.233. The first-order valence-electron chi connectivity index (χ1n) is 7.28. The lowest BCUT2D eigenvalue weighted by Gasteiger charge is -2.17. The molecule has 0 spiro atoms. The summed E-state index contributed by atoms with van der Waals surface area (Å²) in [4.78, 5) is 25.5. The Morgan fingerprint density at radius 2 is 1.76 bits per heavy atom. The molecule has 0 unspecified atom stereocenters. The lowest BCUT2D eigenvalue weighted by atomic mass is 10.2. The number of nitrogens with zero attached hydrogens (tertiary/aromatic N) is 1. The zero-order chi connectivity index (χ0) is 18.6. The van der Waals surface area contributed by atoms with E-state index in [0.717, 1.165) is 6.26 Å². The van der Waals surface area contributed by atoms with Crippen LogP contribution in [0.3, 0.4) is 0 Å². The van der Waals surface area contributed by atoms with Crippen LogP contribution in [0.1, 0.15) is 10.4 Å². The second kappa shape index (κ2) is 7.43. The van der Waals surface area contributed by atoms with Crippen LogP contribution >= 0.6 is 0 Å². The molecule has 0 heterocycles. The van der Waals surface area contributed by atoms with Crippen LogP contribution in [0.4, 0.5) is 10.1 Å². The molecule has 0 atom stereocenters. The molecule has 0 aliphatic heterocycles. The highest BCUT2D eigenvalue weighted by Crippen LogP contribution is 2.12. The predicted octanol–water partition coefficient (Wildman–Crippen LogP) is 1.94. The van der Waals surface area contributed by atoms with E-state index in [9.17, 15) is 22.4 Å². The molecule has 2 amide bonds. The molecule has 2 aromatic carbocycles. The van der Waals surface area contributed by atoms with Crippen LogP contribution in [0.2, 0.25) is 0 Å². The van der Waals surface area contributed by atoms with Crippen LogP contribution < -0.4 is 5.32 Å². The Morgan fingerprint density at radius 3 is 2.32 bits per heavy atom. The van der Waals surface area contributed by atoms with E-state index in [1.165, 1.54) is 60.5 Å². The van der Waals surface area contributed by atoms with Gasteiger partial charge in [-0.1, -0.05) is 6.07 Å². The van der Waals surface area contributed by atoms with Crippen LogP contribution in [-0.2, 0) is 14.6 Å². The normalized spacial score (nSPS) is 11.0. The van der Waals surface area contributed by atoms with Gasteiger partial charge in [-0.25, -0.2) is 12.8 Å². The van der Waals surface area contributed by atoms with Gasteiger partial charge in [-0.05, 0) is 42.5 Å². The molecule has 0 aromatic heterocycles. The third kappa shape index (κ3) is 5.12. The molecule has 1 N–H and O–H groups in total. The number of benzene rings is 2. The second-order valence-electron chi connectivity index (χ2n) is 5.52. The van der Waals surface area contributed by atoms with Crippen LogP contribution in [0.15, 0.2) is 53.4 Å². The highest BCUT2D eigenvalue weighted by molar-refractivity contribution is 7.90. The predicted molar refractivity (Wildman–Crippen MR) is 91.5 cm³/mol. The molecule has 2 rings (SSSR count). The summed E-state index contributed by atoms with van der Waals surface area (Å²) in [5, 5.41) is 2.50. The molecule has 0 bridgehead atoms. The van der Waals surface area contributed by atoms with Crippen molar-refractivity contribution in [3.8, 4) is 0 Å². The lowest BCUT2D eigenvalue weighted by molar-refractivity contribution is -0.116. The summed E-state index contributed by atoms with van der Waals surface area (Å²) >= 11 is 0. The topological polar surface area (TPSA) is 83.6 Å². The summed E-state index contributed by atoms with van der Waals surface area (Å²) in [6.07, 6.45) is 1.08. The fourth-order valence-corrected chi connectivity index (χ4v) is 2.75. The quantitative estimate of drug-likeness (QED) is 0.879. The molecule has 8 heteroatoms. The van der Waals surface area contributed by atoms with E-state index in [1.54, 1.807) is 0 Å². The Labute approximate surface area is 145 Å². The number of hydrogen-bond donors (Lipinski definition) is 1. The van der Waals surface area contributed by atoms with Crippen molar-refractivity contribution in [2.24, 2.45) is 0 Å². The molecule has 0 saturated heterocycles. The molecule has 2 aromatic rings. The molecule has 0 saturated carbocycles. The van der Waals surface area contributed by atoms with E-state index in [0.29, 0.717) is 5.69 Å². The van der Waals surface area contributed by atoms with Gasteiger partial charge in [0, 0.05) is 24.6 Å². The number of nitrogens with one attached hydrogen (secondary N) is 1. The fourth-order valence-electron chi connectivity index (χ4n) is 2.12. The lowest BCUT2D eigenvalue weighted by Crippen LogP contribution is -2.34. The summed E-state index contributed by atoms with van der Waals surface area (Å²) in [5.41, 5.74) is 0.553. The van der Waals surface area contributed by atoms with Gasteiger partial charge in [-0.15, -0.1) is 0 Å². The van der Waals surface area contributed by atoms with Crippen molar-refractivity contribution in [1.82, 2.24) is 4.90 Å². The smallest absolute Gasteiger partial charge is 0.254 e. The fraction of sp³-hybridized carbons (Fsp3) is 0.176. The molecular weight excluding hydrogens is 347 g/mol. The average molecular weight is 364 g/mol. The van der Waals surface area contributed by atoms with Gasteiger partial charge >= 0.3 is 0 Å². The van der Waals surface area contributed by atoms with Crippen molar-refractivity contribution in [3.63, 3.8) is 0 Å². The average Bonchev–Trinajstić information content (AvgIpc) is 2.53. The summed E-state index contributed by atoms with van der Waals surface area (Å²) in [6, 6.07) is 10.9. The van der Waals surface area contributed by atoms with Crippen LogP contribution in [0.5, 0.6) is 0 Å². The number of anilines is 1. The largest absolute Gasteiger partial charge is 0.332 e. The summed E-state index contributed by atoms with van der Waals surface area (Å²) < 4.78 is 35.9. The van der Waals surface area contributed by atoms with Gasteiger partial charge in [-0.2, -0.15) is 0 Å². The third-order valence-corrected chi connectivity index (χ3v) is 4.49. The number of amides is 2. The molecule has 0 fully saturated rings. The number of carbonyl (C=O) groups excluding carboxylic acids is 2. The molecule has 0 radical (unpaired) electrons.